The molecule has 0 saturated heterocycles. The molecule has 3 aromatic rings. The van der Waals surface area contributed by atoms with E-state index in [1.807, 2.05) is 31.2 Å². The van der Waals surface area contributed by atoms with Crippen LogP contribution in [0.4, 0.5) is 6.01 Å². The molecule has 2 aromatic carbocycles. The number of rotatable bonds is 5. The molecular weight excluding hydrogens is 282 g/mol. The normalized spacial score (nSPS) is 11.1. The van der Waals surface area contributed by atoms with Crippen molar-refractivity contribution in [1.29, 1.82) is 0 Å². The Hall–Kier alpha value is -3.02. The van der Waals surface area contributed by atoms with Gasteiger partial charge in [-0.1, -0.05) is 12.1 Å². The fourth-order valence-electron chi connectivity index (χ4n) is 1.97. The minimum Gasteiger partial charge on any atom is -0.504 e. The van der Waals surface area contributed by atoms with Crippen LogP contribution in [0.3, 0.4) is 0 Å². The maximum Gasteiger partial charge on any atom is 0.316 e. The first kappa shape index (κ1) is 13.9. The number of hydrogen-bond acceptors (Lipinski definition) is 6. The highest BCUT2D eigenvalue weighted by molar-refractivity contribution is 5.81. The zero-order valence-electron chi connectivity index (χ0n) is 12.0. The summed E-state index contributed by atoms with van der Waals surface area (Å²) in [5, 5.41) is 13.8. The minimum atomic E-state index is 0.0765. The zero-order chi connectivity index (χ0) is 15.4. The molecule has 0 bridgehead atoms. The Morgan fingerprint density at radius 3 is 2.95 bits per heavy atom. The zero-order valence-corrected chi connectivity index (χ0v) is 12.0. The van der Waals surface area contributed by atoms with Crippen molar-refractivity contribution in [2.24, 2.45) is 5.10 Å². The van der Waals surface area contributed by atoms with Crippen LogP contribution in [0.15, 0.2) is 52.0 Å². The summed E-state index contributed by atoms with van der Waals surface area (Å²) in [7, 11) is 0. The maximum absolute atomic E-state index is 9.80. The van der Waals surface area contributed by atoms with Crippen molar-refractivity contribution in [2.75, 3.05) is 12.0 Å². The molecule has 1 heterocycles. The number of nitrogens with one attached hydrogen (secondary N) is 1. The highest BCUT2D eigenvalue weighted by atomic mass is 16.5. The van der Waals surface area contributed by atoms with Gasteiger partial charge < -0.3 is 14.3 Å². The van der Waals surface area contributed by atoms with Crippen LogP contribution in [0.2, 0.25) is 0 Å². The molecule has 0 unspecified atom stereocenters. The number of aromatic hydroxyl groups is 1. The predicted molar refractivity (Wildman–Crippen MR) is 84.5 cm³/mol. The molecule has 0 saturated carbocycles. The number of fused-ring (bicyclic) bond motifs is 1. The van der Waals surface area contributed by atoms with Gasteiger partial charge in [-0.25, -0.2) is 5.43 Å². The summed E-state index contributed by atoms with van der Waals surface area (Å²) >= 11 is 0. The van der Waals surface area contributed by atoms with E-state index in [0.717, 1.165) is 11.1 Å². The summed E-state index contributed by atoms with van der Waals surface area (Å²) in [4.78, 5) is 4.24. The van der Waals surface area contributed by atoms with Gasteiger partial charge in [0.2, 0.25) is 0 Å². The van der Waals surface area contributed by atoms with Gasteiger partial charge in [-0.3, -0.25) is 0 Å². The standard InChI is InChI=1S/C16H15N3O3/c1-2-21-15-8-7-11(9-13(15)20)10-17-19-16-18-12-5-3-4-6-14(12)22-16/h3-10,20H,2H2,1H3,(H,18,19)/b17-10+. The van der Waals surface area contributed by atoms with Crippen molar-refractivity contribution in [3.8, 4) is 11.5 Å². The highest BCUT2D eigenvalue weighted by Crippen LogP contribution is 2.26. The molecule has 0 aliphatic carbocycles. The SMILES string of the molecule is CCOc1ccc(/C=N/Nc2nc3ccccc3o2)cc1O. The fraction of sp³-hybridized carbons (Fsp3) is 0.125. The molecule has 0 aliphatic rings. The van der Waals surface area contributed by atoms with E-state index in [1.165, 1.54) is 0 Å². The summed E-state index contributed by atoms with van der Waals surface area (Å²) in [6.07, 6.45) is 1.56. The van der Waals surface area contributed by atoms with Crippen LogP contribution < -0.4 is 10.2 Å². The van der Waals surface area contributed by atoms with E-state index in [2.05, 4.69) is 15.5 Å². The smallest absolute Gasteiger partial charge is 0.316 e. The number of nitrogens with zero attached hydrogens (tertiary/aromatic N) is 2. The first-order valence-electron chi connectivity index (χ1n) is 6.86. The Morgan fingerprint density at radius 1 is 1.32 bits per heavy atom. The Labute approximate surface area is 127 Å². The fourth-order valence-corrected chi connectivity index (χ4v) is 1.97. The van der Waals surface area contributed by atoms with Crippen molar-refractivity contribution in [1.82, 2.24) is 4.98 Å². The topological polar surface area (TPSA) is 79.9 Å². The van der Waals surface area contributed by atoms with E-state index in [9.17, 15) is 5.11 Å². The van der Waals surface area contributed by atoms with Gasteiger partial charge in [-0.05, 0) is 42.8 Å². The molecule has 1 aromatic heterocycles. The molecule has 112 valence electrons. The van der Waals surface area contributed by atoms with Gasteiger partial charge in [0.15, 0.2) is 17.1 Å². The Morgan fingerprint density at radius 2 is 2.18 bits per heavy atom. The summed E-state index contributed by atoms with van der Waals surface area (Å²) in [6.45, 7) is 2.36. The second-order valence-electron chi connectivity index (χ2n) is 4.52. The van der Waals surface area contributed by atoms with E-state index in [4.69, 9.17) is 9.15 Å². The average molecular weight is 297 g/mol. The van der Waals surface area contributed by atoms with Gasteiger partial charge >= 0.3 is 6.01 Å². The van der Waals surface area contributed by atoms with Gasteiger partial charge in [0, 0.05) is 0 Å². The average Bonchev–Trinajstić information content (AvgIpc) is 2.93. The van der Waals surface area contributed by atoms with Gasteiger partial charge in [0.25, 0.3) is 0 Å². The molecule has 2 N–H and O–H groups in total. The molecule has 3 rings (SSSR count). The number of phenolic OH excluding ortho intramolecular Hbond substituents is 1. The van der Waals surface area contributed by atoms with E-state index in [-0.39, 0.29) is 5.75 Å². The Kier molecular flexibility index (Phi) is 3.91. The summed E-state index contributed by atoms with van der Waals surface area (Å²) in [5.74, 6) is 0.527. The molecular formula is C16H15N3O3. The lowest BCUT2D eigenvalue weighted by molar-refractivity contribution is 0.318. The number of anilines is 1. The monoisotopic (exact) mass is 297 g/mol. The molecule has 22 heavy (non-hydrogen) atoms. The maximum atomic E-state index is 9.80. The molecule has 6 nitrogen and oxygen atoms in total. The molecule has 0 radical (unpaired) electrons. The first-order valence-corrected chi connectivity index (χ1v) is 6.86. The quantitative estimate of drug-likeness (QED) is 0.557. The molecule has 0 aliphatic heterocycles. The third-order valence-corrected chi connectivity index (χ3v) is 2.95. The molecule has 0 spiro atoms. The Bertz CT molecular complexity index is 778. The number of hydrazone groups is 1. The van der Waals surface area contributed by atoms with Gasteiger partial charge in [-0.2, -0.15) is 10.1 Å². The summed E-state index contributed by atoms with van der Waals surface area (Å²) in [5.41, 5.74) is 4.90. The third kappa shape index (κ3) is 3.01. The number of aromatic nitrogens is 1. The van der Waals surface area contributed by atoms with Crippen LogP contribution in [0.25, 0.3) is 11.1 Å². The van der Waals surface area contributed by atoms with Crippen LogP contribution in [0, 0.1) is 0 Å². The molecule has 6 heteroatoms. The number of benzene rings is 2. The molecule has 0 atom stereocenters. The van der Waals surface area contributed by atoms with Crippen LogP contribution in [0.5, 0.6) is 11.5 Å². The minimum absolute atomic E-state index is 0.0765. The van der Waals surface area contributed by atoms with E-state index < -0.39 is 0 Å². The molecule has 0 amide bonds. The van der Waals surface area contributed by atoms with Crippen LogP contribution in [-0.2, 0) is 0 Å². The number of ether oxygens (including phenoxy) is 1. The van der Waals surface area contributed by atoms with Gasteiger partial charge in [-0.15, -0.1) is 0 Å². The number of para-hydroxylation sites is 2. The third-order valence-electron chi connectivity index (χ3n) is 2.95. The summed E-state index contributed by atoms with van der Waals surface area (Å²) in [6, 6.07) is 12.8. The van der Waals surface area contributed by atoms with Gasteiger partial charge in [0.1, 0.15) is 5.52 Å². The van der Waals surface area contributed by atoms with E-state index >= 15 is 0 Å². The summed E-state index contributed by atoms with van der Waals surface area (Å²) < 4.78 is 10.7. The van der Waals surface area contributed by atoms with Crippen LogP contribution >= 0.6 is 0 Å². The lowest BCUT2D eigenvalue weighted by atomic mass is 10.2. The largest absolute Gasteiger partial charge is 0.504 e. The molecule has 0 fully saturated rings. The number of hydrogen-bond donors (Lipinski definition) is 2. The van der Waals surface area contributed by atoms with Crippen molar-refractivity contribution in [3.05, 3.63) is 48.0 Å². The van der Waals surface area contributed by atoms with Gasteiger partial charge in [0.05, 0.1) is 12.8 Å². The Balaban J connectivity index is 1.70. The van der Waals surface area contributed by atoms with Crippen molar-refractivity contribution < 1.29 is 14.3 Å². The lowest BCUT2D eigenvalue weighted by Crippen LogP contribution is -1.93. The van der Waals surface area contributed by atoms with E-state index in [1.54, 1.807) is 24.4 Å². The lowest BCUT2D eigenvalue weighted by Gasteiger charge is -2.05. The van der Waals surface area contributed by atoms with Crippen molar-refractivity contribution in [3.63, 3.8) is 0 Å². The predicted octanol–water partition coefficient (Wildman–Crippen LogP) is 3.38. The highest BCUT2D eigenvalue weighted by Gasteiger charge is 2.04. The van der Waals surface area contributed by atoms with Crippen LogP contribution in [0.1, 0.15) is 12.5 Å². The number of oxazole rings is 1. The second kappa shape index (κ2) is 6.17. The van der Waals surface area contributed by atoms with E-state index in [0.29, 0.717) is 24.0 Å². The first-order chi connectivity index (χ1) is 10.8. The van der Waals surface area contributed by atoms with Crippen LogP contribution in [-0.4, -0.2) is 22.9 Å². The van der Waals surface area contributed by atoms with Crippen molar-refractivity contribution >= 4 is 23.3 Å². The second-order valence-corrected chi connectivity index (χ2v) is 4.52. The number of phenols is 1. The van der Waals surface area contributed by atoms with Crippen molar-refractivity contribution in [2.45, 2.75) is 6.92 Å².